The molecule has 0 spiro atoms. The van der Waals surface area contributed by atoms with Crippen molar-refractivity contribution in [3.8, 4) is 11.3 Å². The first-order valence-corrected chi connectivity index (χ1v) is 19.5. The van der Waals surface area contributed by atoms with Gasteiger partial charge in [-0.15, -0.1) is 23.1 Å². The van der Waals surface area contributed by atoms with Crippen molar-refractivity contribution in [1.29, 1.82) is 0 Å². The number of carboxylic acids is 1. The second-order valence-corrected chi connectivity index (χ2v) is 15.4. The zero-order valence-electron chi connectivity index (χ0n) is 25.2. The summed E-state index contributed by atoms with van der Waals surface area (Å²) in [5.74, 6) is -2.84. The fourth-order valence-corrected chi connectivity index (χ4v) is 8.60. The number of amides is 2. The average Bonchev–Trinajstić information content (AvgIpc) is 3.64. The van der Waals surface area contributed by atoms with Gasteiger partial charge in [-0.2, -0.15) is 17.2 Å². The quantitative estimate of drug-likeness (QED) is 0.0304. The first-order chi connectivity index (χ1) is 22.4. The molecule has 5 heterocycles. The Morgan fingerprint density at radius 3 is 2.47 bits per heavy atom. The fraction of sp³-hybridized carbons (Fsp3) is 0.273. The number of carbonyl (C=O) groups is 3. The predicted molar refractivity (Wildman–Crippen MR) is 166 cm³/mol. The minimum absolute atomic E-state index is 0. The number of anilines is 1. The Labute approximate surface area is 335 Å². The van der Waals surface area contributed by atoms with Crippen molar-refractivity contribution in [1.82, 2.24) is 24.6 Å². The number of nitrogens with one attached hydrogen (secondary N) is 2. The van der Waals surface area contributed by atoms with Crippen LogP contribution in [-0.4, -0.2) is 81.4 Å². The zero-order valence-corrected chi connectivity index (χ0v) is 33.4. The molecule has 2 atom stereocenters. The number of hydrogen-bond acceptors (Lipinski definition) is 17. The van der Waals surface area contributed by atoms with Crippen molar-refractivity contribution in [3.63, 3.8) is 0 Å². The van der Waals surface area contributed by atoms with Gasteiger partial charge < -0.3 is 44.3 Å². The normalized spacial score (nSPS) is 17.6. The van der Waals surface area contributed by atoms with Crippen molar-refractivity contribution in [2.45, 2.75) is 22.7 Å². The molecule has 1 fully saturated rings. The third-order valence-corrected chi connectivity index (χ3v) is 10.5. The molecular formula is C22H22KN8O12P2S4-. The van der Waals surface area contributed by atoms with Crippen LogP contribution in [0.4, 0.5) is 5.13 Å². The smallest absolute Gasteiger partial charge is 0.822 e. The van der Waals surface area contributed by atoms with E-state index >= 15 is 0 Å². The molecule has 1 saturated heterocycles. The number of rotatable bonds is 11. The Bertz CT molecular complexity index is 1860. The van der Waals surface area contributed by atoms with Crippen LogP contribution in [0.5, 0.6) is 0 Å². The topological polar surface area (TPSA) is 307 Å². The number of thiazole rings is 1. The Balaban J connectivity index is 0.00000101. The first kappa shape index (κ1) is 41.8. The molecular weight excluding hydrogens is 798 g/mol. The number of aliphatic carboxylic acids is 1. The van der Waals surface area contributed by atoms with E-state index in [-0.39, 0.29) is 80.4 Å². The van der Waals surface area contributed by atoms with Crippen LogP contribution in [-0.2, 0) is 35.4 Å². The standard InChI is InChI=1S/C22H21N8O8PS4.K.H3O4P/c1-3-38-26-13(16-25-21(43-28-16)27-39(35,36)37)17(31)24-14-18(32)30-15(20(33)34)12(9-40-19(14)30)42-22-23-11(8-41-22)10-4-6-29(2)7-5-10;;1-5(2,3)4/h4-8,14,19H,3,9H2,1-2H3,(H4-,24,25,27,28,31,33,34,35,36,37);;(H3,1,2,3,4)/q;+1;/p-2/b26-13-;;. The van der Waals surface area contributed by atoms with Gasteiger partial charge in [0.05, 0.1) is 5.69 Å². The maximum atomic E-state index is 13.2. The number of pyridine rings is 1. The summed E-state index contributed by atoms with van der Waals surface area (Å²) in [6.45, 7) is 1.70. The van der Waals surface area contributed by atoms with Crippen molar-refractivity contribution in [3.05, 3.63) is 46.3 Å². The van der Waals surface area contributed by atoms with Gasteiger partial charge in [0.15, 0.2) is 16.7 Å². The molecule has 3 aromatic rings. The van der Waals surface area contributed by atoms with Gasteiger partial charge in [0, 0.05) is 45.3 Å². The van der Waals surface area contributed by atoms with Crippen LogP contribution in [0.15, 0.2) is 50.0 Å². The van der Waals surface area contributed by atoms with E-state index in [4.69, 9.17) is 33.9 Å². The van der Waals surface area contributed by atoms with E-state index < -0.39 is 50.5 Å². The molecule has 0 radical (unpaired) electrons. The molecule has 2 unspecified atom stereocenters. The van der Waals surface area contributed by atoms with E-state index in [1.54, 1.807) is 6.92 Å². The Morgan fingerprint density at radius 2 is 1.88 bits per heavy atom. The summed E-state index contributed by atoms with van der Waals surface area (Å²) in [6.07, 6.45) is 3.80. The molecule has 0 aromatic carbocycles. The summed E-state index contributed by atoms with van der Waals surface area (Å²) in [6, 6.07) is 2.77. The molecule has 258 valence electrons. The van der Waals surface area contributed by atoms with Crippen LogP contribution < -0.4 is 81.0 Å². The molecule has 3 aromatic heterocycles. The van der Waals surface area contributed by atoms with E-state index in [0.717, 1.165) is 16.2 Å². The van der Waals surface area contributed by atoms with Gasteiger partial charge in [-0.1, -0.05) is 16.9 Å². The van der Waals surface area contributed by atoms with Crippen molar-refractivity contribution >= 4 is 90.6 Å². The van der Waals surface area contributed by atoms with Gasteiger partial charge in [0.2, 0.25) is 16.7 Å². The van der Waals surface area contributed by atoms with E-state index in [1.807, 2.05) is 46.6 Å². The Kier molecular flexibility index (Phi) is 15.1. The minimum atomic E-state index is -5.39. The van der Waals surface area contributed by atoms with Crippen LogP contribution in [0, 0.1) is 0 Å². The van der Waals surface area contributed by atoms with E-state index in [9.17, 15) is 24.1 Å². The maximum Gasteiger partial charge on any atom is 1.00 e. The monoisotopic (exact) mass is 819 g/mol. The molecule has 49 heavy (non-hydrogen) atoms. The van der Waals surface area contributed by atoms with Crippen LogP contribution in [0.25, 0.3) is 11.3 Å². The van der Waals surface area contributed by atoms with Gasteiger partial charge >= 0.3 is 65.1 Å². The molecule has 0 saturated carbocycles. The van der Waals surface area contributed by atoms with Crippen LogP contribution in [0.2, 0.25) is 0 Å². The molecule has 5 rings (SSSR count). The van der Waals surface area contributed by atoms with Gasteiger partial charge in [-0.05, 0) is 6.92 Å². The summed E-state index contributed by atoms with van der Waals surface area (Å²) in [4.78, 5) is 97.5. The van der Waals surface area contributed by atoms with Gasteiger partial charge in [0.25, 0.3) is 11.8 Å². The SMILES string of the molecule is CCO/N=C(\C(=O)NC1C(=O)N2C(C(=O)O)=C(Sc3nc(-c4cc[n+](C)cc4)cs3)CSC12)c1nsc(NP(=O)(O)O)n1.O=P([O-])([O-])[O-].[K+]. The van der Waals surface area contributed by atoms with Crippen molar-refractivity contribution < 1.29 is 114 Å². The summed E-state index contributed by atoms with van der Waals surface area (Å²) in [5.41, 5.74) is 1.06. The zero-order chi connectivity index (χ0) is 35.4. The number of phosphoric acid groups is 1. The van der Waals surface area contributed by atoms with E-state index in [1.165, 1.54) is 34.9 Å². The largest absolute Gasteiger partial charge is 1.00 e. The number of aromatic nitrogens is 4. The predicted octanol–water partition coefficient (Wildman–Crippen LogP) is -4.60. The third kappa shape index (κ3) is 11.7. The summed E-state index contributed by atoms with van der Waals surface area (Å²) >= 11 is 4.40. The Hall–Kier alpha value is -1.64. The van der Waals surface area contributed by atoms with Gasteiger partial charge in [-0.25, -0.2) is 18.9 Å². The summed E-state index contributed by atoms with van der Waals surface area (Å²) in [7, 11) is -8.16. The fourth-order valence-electron chi connectivity index (χ4n) is 3.90. The molecule has 20 nitrogen and oxygen atoms in total. The van der Waals surface area contributed by atoms with E-state index in [0.29, 0.717) is 20.8 Å². The number of oxime groups is 1. The number of carboxylic acid groups (broad SMARTS) is 1. The first-order valence-electron chi connectivity index (χ1n) is 12.9. The summed E-state index contributed by atoms with van der Waals surface area (Å²) < 4.78 is 26.2. The van der Waals surface area contributed by atoms with E-state index in [2.05, 4.69) is 24.8 Å². The van der Waals surface area contributed by atoms with Crippen LogP contribution in [0.3, 0.4) is 0 Å². The Morgan fingerprint density at radius 1 is 1.22 bits per heavy atom. The van der Waals surface area contributed by atoms with Crippen LogP contribution >= 0.6 is 62.0 Å². The molecule has 27 heteroatoms. The molecule has 2 amide bonds. The van der Waals surface area contributed by atoms with Gasteiger partial charge in [-0.3, -0.25) is 19.6 Å². The molecule has 0 bridgehead atoms. The average molecular weight is 820 g/mol. The second-order valence-electron chi connectivity index (χ2n) is 9.17. The molecule has 0 aliphatic carbocycles. The number of carbonyl (C=O) groups excluding carboxylic acids is 2. The summed E-state index contributed by atoms with van der Waals surface area (Å²) in [5, 5.41) is 19.0. The number of thioether (sulfide) groups is 2. The number of aryl methyl sites for hydroxylation is 1. The van der Waals surface area contributed by atoms with Gasteiger partial charge in [0.1, 0.15) is 30.8 Å². The maximum absolute atomic E-state index is 13.2. The molecule has 2 aliphatic heterocycles. The third-order valence-electron chi connectivity index (χ3n) is 5.77. The molecule has 5 N–H and O–H groups in total. The number of nitrogens with zero attached hydrogens (tertiary/aromatic N) is 6. The minimum Gasteiger partial charge on any atom is -0.822 e. The number of hydrogen-bond donors (Lipinski definition) is 5. The second kappa shape index (κ2) is 17.7. The number of fused-ring (bicyclic) bond motifs is 1. The van der Waals surface area contributed by atoms with Crippen molar-refractivity contribution in [2.75, 3.05) is 17.4 Å². The van der Waals surface area contributed by atoms with Crippen LogP contribution in [0.1, 0.15) is 12.7 Å². The van der Waals surface area contributed by atoms with Crippen molar-refractivity contribution in [2.24, 2.45) is 12.2 Å². The molecule has 2 aliphatic rings. The number of β-lactam (4-membered cyclic amide) rings is 1.